The van der Waals surface area contributed by atoms with Gasteiger partial charge in [-0.05, 0) is 30.2 Å². The van der Waals surface area contributed by atoms with Crippen molar-refractivity contribution in [3.63, 3.8) is 0 Å². The maximum Gasteiger partial charge on any atom is 0.317 e. The summed E-state index contributed by atoms with van der Waals surface area (Å²) in [5.74, 6) is 1.02. The minimum Gasteiger partial charge on any atom is -0.497 e. The summed E-state index contributed by atoms with van der Waals surface area (Å²) in [6.45, 7) is 9.38. The Labute approximate surface area is 185 Å². The van der Waals surface area contributed by atoms with Crippen molar-refractivity contribution in [2.24, 2.45) is 5.92 Å². The van der Waals surface area contributed by atoms with Crippen molar-refractivity contribution in [2.75, 3.05) is 66.1 Å². The SMILES string of the molecule is COc1ccc(S(=O)(=O)N2CCN(C(=O)NC[C@@H](C(C)C)N3CCOCC3)CC2)cc1. The number of nitrogens with one attached hydrogen (secondary N) is 1. The molecule has 1 N–H and O–H groups in total. The zero-order valence-corrected chi connectivity index (χ0v) is 19.4. The summed E-state index contributed by atoms with van der Waals surface area (Å²) < 4.78 is 37.7. The molecule has 1 aromatic rings. The molecule has 2 aliphatic heterocycles. The van der Waals surface area contributed by atoms with Crippen LogP contribution in [0.4, 0.5) is 4.79 Å². The molecule has 2 aliphatic rings. The van der Waals surface area contributed by atoms with E-state index in [1.165, 1.54) is 11.4 Å². The molecule has 2 amide bonds. The second-order valence-electron chi connectivity index (χ2n) is 8.21. The van der Waals surface area contributed by atoms with E-state index < -0.39 is 10.0 Å². The van der Waals surface area contributed by atoms with E-state index in [0.717, 1.165) is 26.3 Å². The van der Waals surface area contributed by atoms with Crippen LogP contribution in [0.15, 0.2) is 29.2 Å². The van der Waals surface area contributed by atoms with Gasteiger partial charge in [0.05, 0.1) is 25.2 Å². The molecule has 0 aromatic heterocycles. The second kappa shape index (κ2) is 10.6. The summed E-state index contributed by atoms with van der Waals surface area (Å²) >= 11 is 0. The maximum atomic E-state index is 12.9. The van der Waals surface area contributed by atoms with Crippen molar-refractivity contribution in [3.05, 3.63) is 24.3 Å². The van der Waals surface area contributed by atoms with Crippen LogP contribution >= 0.6 is 0 Å². The Kier molecular flexibility index (Phi) is 8.15. The van der Waals surface area contributed by atoms with Crippen molar-refractivity contribution in [1.29, 1.82) is 0 Å². The van der Waals surface area contributed by atoms with Gasteiger partial charge in [0.2, 0.25) is 10.0 Å². The largest absolute Gasteiger partial charge is 0.497 e. The number of amides is 2. The first kappa shape index (κ1) is 23.8. The van der Waals surface area contributed by atoms with Gasteiger partial charge in [-0.25, -0.2) is 13.2 Å². The summed E-state index contributed by atoms with van der Waals surface area (Å²) in [6.07, 6.45) is 0. The van der Waals surface area contributed by atoms with Crippen LogP contribution < -0.4 is 10.1 Å². The minimum absolute atomic E-state index is 0.139. The first-order chi connectivity index (χ1) is 14.8. The molecule has 0 bridgehead atoms. The van der Waals surface area contributed by atoms with Crippen molar-refractivity contribution in [2.45, 2.75) is 24.8 Å². The number of piperazine rings is 1. The molecule has 174 valence electrons. The lowest BCUT2D eigenvalue weighted by molar-refractivity contribution is 0.00688. The molecule has 0 radical (unpaired) electrons. The number of rotatable bonds is 7. The first-order valence-corrected chi connectivity index (χ1v) is 12.3. The van der Waals surface area contributed by atoms with Gasteiger partial charge in [0.25, 0.3) is 0 Å². The number of hydrogen-bond donors (Lipinski definition) is 1. The average molecular weight is 455 g/mol. The van der Waals surface area contributed by atoms with Crippen LogP contribution in [0.3, 0.4) is 0 Å². The molecule has 1 atom stereocenters. The zero-order valence-electron chi connectivity index (χ0n) is 18.6. The Hall–Kier alpha value is -1.88. The number of sulfonamides is 1. The lowest BCUT2D eigenvalue weighted by Gasteiger charge is -2.38. The highest BCUT2D eigenvalue weighted by atomic mass is 32.2. The normalized spacial score (nSPS) is 19.9. The van der Waals surface area contributed by atoms with Crippen molar-refractivity contribution >= 4 is 16.1 Å². The zero-order chi connectivity index (χ0) is 22.4. The lowest BCUT2D eigenvalue weighted by Crippen LogP contribution is -2.56. The van der Waals surface area contributed by atoms with Gasteiger partial charge in [-0.1, -0.05) is 13.8 Å². The van der Waals surface area contributed by atoms with Gasteiger partial charge < -0.3 is 19.7 Å². The third-order valence-electron chi connectivity index (χ3n) is 5.97. The van der Waals surface area contributed by atoms with Gasteiger partial charge in [0.1, 0.15) is 5.75 Å². The van der Waals surface area contributed by atoms with Crippen LogP contribution in [0.25, 0.3) is 0 Å². The molecule has 10 heteroatoms. The lowest BCUT2D eigenvalue weighted by atomic mass is 10.0. The Morgan fingerprint density at radius 3 is 2.23 bits per heavy atom. The molecule has 2 saturated heterocycles. The van der Waals surface area contributed by atoms with Crippen LogP contribution in [-0.2, 0) is 14.8 Å². The predicted octanol–water partition coefficient (Wildman–Crippen LogP) is 1.07. The van der Waals surface area contributed by atoms with E-state index in [0.29, 0.717) is 31.3 Å². The summed E-state index contributed by atoms with van der Waals surface area (Å²) in [5, 5.41) is 3.05. The number of urea groups is 1. The van der Waals surface area contributed by atoms with Crippen molar-refractivity contribution in [1.82, 2.24) is 19.4 Å². The highest BCUT2D eigenvalue weighted by Gasteiger charge is 2.31. The van der Waals surface area contributed by atoms with E-state index in [4.69, 9.17) is 9.47 Å². The van der Waals surface area contributed by atoms with Gasteiger partial charge >= 0.3 is 6.03 Å². The second-order valence-corrected chi connectivity index (χ2v) is 10.2. The number of hydrogen-bond acceptors (Lipinski definition) is 6. The minimum atomic E-state index is -3.59. The van der Waals surface area contributed by atoms with Gasteiger partial charge in [0, 0.05) is 51.9 Å². The molecule has 0 aliphatic carbocycles. The van der Waals surface area contributed by atoms with Gasteiger partial charge in [-0.15, -0.1) is 0 Å². The molecule has 31 heavy (non-hydrogen) atoms. The molecule has 1 aromatic carbocycles. The van der Waals surface area contributed by atoms with Crippen LogP contribution in [-0.4, -0.2) is 101 Å². The highest BCUT2D eigenvalue weighted by Crippen LogP contribution is 2.21. The number of carbonyl (C=O) groups is 1. The topological polar surface area (TPSA) is 91.4 Å². The van der Waals surface area contributed by atoms with Crippen molar-refractivity contribution < 1.29 is 22.7 Å². The smallest absolute Gasteiger partial charge is 0.317 e. The molecule has 0 unspecified atom stereocenters. The van der Waals surface area contributed by atoms with E-state index in [9.17, 15) is 13.2 Å². The molecule has 3 rings (SSSR count). The fourth-order valence-electron chi connectivity index (χ4n) is 4.03. The summed E-state index contributed by atoms with van der Waals surface area (Å²) in [4.78, 5) is 17.0. The maximum absolute atomic E-state index is 12.9. The molecular formula is C21H34N4O5S. The number of morpholine rings is 1. The Morgan fingerprint density at radius 2 is 1.68 bits per heavy atom. The molecule has 0 saturated carbocycles. The molecule has 2 fully saturated rings. The summed E-state index contributed by atoms with van der Waals surface area (Å²) in [5.41, 5.74) is 0. The molecule has 2 heterocycles. The van der Waals surface area contributed by atoms with E-state index >= 15 is 0 Å². The first-order valence-electron chi connectivity index (χ1n) is 10.8. The van der Waals surface area contributed by atoms with Crippen LogP contribution in [0.5, 0.6) is 5.75 Å². The number of ether oxygens (including phenoxy) is 2. The van der Waals surface area contributed by atoms with Gasteiger partial charge in [-0.2, -0.15) is 4.31 Å². The van der Waals surface area contributed by atoms with E-state index in [-0.39, 0.29) is 30.1 Å². The molecule has 0 spiro atoms. The average Bonchev–Trinajstić information content (AvgIpc) is 2.79. The number of methoxy groups -OCH3 is 1. The number of carbonyl (C=O) groups excluding carboxylic acids is 1. The quantitative estimate of drug-likeness (QED) is 0.663. The van der Waals surface area contributed by atoms with Crippen LogP contribution in [0.2, 0.25) is 0 Å². The fourth-order valence-corrected chi connectivity index (χ4v) is 5.45. The third kappa shape index (κ3) is 5.88. The molecular weight excluding hydrogens is 420 g/mol. The fraction of sp³-hybridized carbons (Fsp3) is 0.667. The molecule has 9 nitrogen and oxygen atoms in total. The Bertz CT molecular complexity index is 817. The Balaban J connectivity index is 1.51. The van der Waals surface area contributed by atoms with E-state index in [1.807, 2.05) is 0 Å². The highest BCUT2D eigenvalue weighted by molar-refractivity contribution is 7.89. The van der Waals surface area contributed by atoms with Crippen LogP contribution in [0.1, 0.15) is 13.8 Å². The standard InChI is InChI=1S/C21H34N4O5S/c1-17(2)20(23-12-14-30-15-13-23)16-22-21(26)24-8-10-25(11-9-24)31(27,28)19-6-4-18(29-3)5-7-19/h4-7,17,20H,8-16H2,1-3H3,(H,22,26)/t20-/m0/s1. The van der Waals surface area contributed by atoms with Gasteiger partial charge in [0.15, 0.2) is 0 Å². The summed E-state index contributed by atoms with van der Waals surface area (Å²) in [6, 6.07) is 6.48. The third-order valence-corrected chi connectivity index (χ3v) is 7.88. The Morgan fingerprint density at radius 1 is 1.06 bits per heavy atom. The van der Waals surface area contributed by atoms with Gasteiger partial charge in [-0.3, -0.25) is 4.90 Å². The predicted molar refractivity (Wildman–Crippen MR) is 118 cm³/mol. The van der Waals surface area contributed by atoms with E-state index in [1.54, 1.807) is 29.2 Å². The van der Waals surface area contributed by atoms with E-state index in [2.05, 4.69) is 24.1 Å². The summed E-state index contributed by atoms with van der Waals surface area (Å²) in [7, 11) is -2.05. The van der Waals surface area contributed by atoms with Crippen molar-refractivity contribution in [3.8, 4) is 5.75 Å². The van der Waals surface area contributed by atoms with Crippen LogP contribution in [0, 0.1) is 5.92 Å². The monoisotopic (exact) mass is 454 g/mol. The number of nitrogens with zero attached hydrogens (tertiary/aromatic N) is 3. The number of benzene rings is 1.